The Morgan fingerprint density at radius 3 is 1.50 bits per heavy atom. The van der Waals surface area contributed by atoms with E-state index in [0.29, 0.717) is 0 Å². The molecule has 0 spiro atoms. The fraction of sp³-hybridized carbons (Fsp3) is 0.462. The van der Waals surface area contributed by atoms with Crippen molar-refractivity contribution in [3.05, 3.63) is 35.9 Å². The Labute approximate surface area is 149 Å². The molecular formula is C13H19NaO8. The summed E-state index contributed by atoms with van der Waals surface area (Å²) >= 11 is 0. The fourth-order valence-electron chi connectivity index (χ4n) is 1.25. The first-order valence-corrected chi connectivity index (χ1v) is 6.05. The Morgan fingerprint density at radius 1 is 0.909 bits per heavy atom. The van der Waals surface area contributed by atoms with Gasteiger partial charge in [-0.25, -0.2) is 0 Å². The number of rotatable bonds is 6. The summed E-state index contributed by atoms with van der Waals surface area (Å²) in [5.74, 6) is -1.13. The summed E-state index contributed by atoms with van der Waals surface area (Å²) in [4.78, 5) is 10.1. The number of carboxylic acids is 1. The van der Waals surface area contributed by atoms with E-state index in [1.165, 1.54) is 12.1 Å². The Balaban J connectivity index is 0. The number of aliphatic hydroxyl groups is 6. The van der Waals surface area contributed by atoms with E-state index in [0.717, 1.165) is 0 Å². The van der Waals surface area contributed by atoms with Gasteiger partial charge in [-0.2, -0.15) is 0 Å². The molecule has 0 aliphatic heterocycles. The van der Waals surface area contributed by atoms with Crippen molar-refractivity contribution in [3.8, 4) is 0 Å². The molecular weight excluding hydrogens is 307 g/mol. The van der Waals surface area contributed by atoms with Crippen molar-refractivity contribution in [1.82, 2.24) is 0 Å². The summed E-state index contributed by atoms with van der Waals surface area (Å²) in [6.45, 7) is -1.45. The number of aromatic carboxylic acids is 1. The van der Waals surface area contributed by atoms with Crippen LogP contribution in [0.4, 0.5) is 0 Å². The van der Waals surface area contributed by atoms with Crippen LogP contribution in [0.5, 0.6) is 0 Å². The predicted molar refractivity (Wildman–Crippen MR) is 69.0 cm³/mol. The van der Waals surface area contributed by atoms with Gasteiger partial charge in [0, 0.05) is 0 Å². The molecule has 0 aliphatic carbocycles. The van der Waals surface area contributed by atoms with E-state index in [1.54, 1.807) is 18.2 Å². The zero-order valence-electron chi connectivity index (χ0n) is 12.1. The van der Waals surface area contributed by atoms with Gasteiger partial charge >= 0.3 is 29.6 Å². The van der Waals surface area contributed by atoms with Gasteiger partial charge in [-0.3, -0.25) is 0 Å². The monoisotopic (exact) mass is 326 g/mol. The van der Waals surface area contributed by atoms with Gasteiger partial charge in [0.1, 0.15) is 24.4 Å². The molecule has 8 nitrogen and oxygen atoms in total. The largest absolute Gasteiger partial charge is 1.00 e. The van der Waals surface area contributed by atoms with Crippen LogP contribution < -0.4 is 34.7 Å². The second kappa shape index (κ2) is 12.9. The van der Waals surface area contributed by atoms with Gasteiger partial charge < -0.3 is 40.5 Å². The van der Waals surface area contributed by atoms with Gasteiger partial charge in [0.05, 0.1) is 19.2 Å². The van der Waals surface area contributed by atoms with Crippen molar-refractivity contribution in [3.63, 3.8) is 0 Å². The first-order chi connectivity index (χ1) is 9.84. The smallest absolute Gasteiger partial charge is 0.545 e. The average Bonchev–Trinajstić information content (AvgIpc) is 2.53. The Kier molecular flexibility index (Phi) is 13.9. The maximum Gasteiger partial charge on any atom is 1.00 e. The molecule has 0 saturated heterocycles. The molecule has 4 atom stereocenters. The minimum atomic E-state index is -1.67. The number of benzene rings is 1. The molecule has 6 N–H and O–H groups in total. The fourth-order valence-corrected chi connectivity index (χ4v) is 1.25. The topological polar surface area (TPSA) is 162 Å². The first kappa shape index (κ1) is 23.7. The van der Waals surface area contributed by atoms with Crippen molar-refractivity contribution >= 4 is 5.97 Å². The zero-order chi connectivity index (χ0) is 16.4. The normalized spacial score (nSPS) is 15.4. The molecule has 0 heterocycles. The van der Waals surface area contributed by atoms with Crippen LogP contribution in [0.3, 0.4) is 0 Å². The van der Waals surface area contributed by atoms with Crippen LogP contribution in [-0.4, -0.2) is 74.2 Å². The molecule has 120 valence electrons. The molecule has 0 fully saturated rings. The first-order valence-electron chi connectivity index (χ1n) is 6.05. The molecule has 1 aromatic carbocycles. The third-order valence-electron chi connectivity index (χ3n) is 2.52. The van der Waals surface area contributed by atoms with Crippen LogP contribution in [0.25, 0.3) is 0 Å². The number of hydrogen-bond donors (Lipinski definition) is 6. The number of carbonyl (C=O) groups excluding carboxylic acids is 1. The quantitative estimate of drug-likeness (QED) is 0.281. The summed E-state index contributed by atoms with van der Waals surface area (Å²) < 4.78 is 0. The molecule has 9 heteroatoms. The van der Waals surface area contributed by atoms with E-state index in [1.807, 2.05) is 0 Å². The van der Waals surface area contributed by atoms with Crippen LogP contribution in [0, 0.1) is 0 Å². The molecule has 0 aliphatic rings. The standard InChI is InChI=1S/C7H6O2.C6H14O6.Na/c8-7(9)6-4-2-1-3-5-6;7-1-3(9)5(11)6(12)4(10)2-8;/h1-5H,(H,8,9);3-12H,1-2H2;/q;;+1/p-1/t;3-,4+,5-,6-;/m.1./s1. The van der Waals surface area contributed by atoms with E-state index in [4.69, 9.17) is 30.6 Å². The van der Waals surface area contributed by atoms with Crippen molar-refractivity contribution in [2.75, 3.05) is 13.2 Å². The minimum absolute atomic E-state index is 0. The van der Waals surface area contributed by atoms with Crippen LogP contribution >= 0.6 is 0 Å². The molecule has 0 aromatic heterocycles. The van der Waals surface area contributed by atoms with Crippen molar-refractivity contribution < 1.29 is 70.1 Å². The van der Waals surface area contributed by atoms with Gasteiger partial charge in [0.15, 0.2) is 0 Å². The van der Waals surface area contributed by atoms with Crippen molar-refractivity contribution in [1.29, 1.82) is 0 Å². The molecule has 0 radical (unpaired) electrons. The van der Waals surface area contributed by atoms with Crippen molar-refractivity contribution in [2.24, 2.45) is 0 Å². The molecule has 22 heavy (non-hydrogen) atoms. The van der Waals surface area contributed by atoms with Crippen LogP contribution in [0.2, 0.25) is 0 Å². The number of aliphatic hydroxyl groups excluding tert-OH is 6. The van der Waals surface area contributed by atoms with Crippen LogP contribution in [-0.2, 0) is 0 Å². The molecule has 0 amide bonds. The molecule has 1 aromatic rings. The van der Waals surface area contributed by atoms with E-state index in [9.17, 15) is 9.90 Å². The van der Waals surface area contributed by atoms with Crippen LogP contribution in [0.1, 0.15) is 10.4 Å². The van der Waals surface area contributed by atoms with Gasteiger partial charge in [-0.1, -0.05) is 30.3 Å². The second-order valence-corrected chi connectivity index (χ2v) is 4.13. The third kappa shape index (κ3) is 8.79. The Morgan fingerprint density at radius 2 is 1.27 bits per heavy atom. The summed E-state index contributed by atoms with van der Waals surface area (Å²) in [5.41, 5.74) is 0.220. The van der Waals surface area contributed by atoms with Crippen molar-refractivity contribution in [2.45, 2.75) is 24.4 Å². The summed E-state index contributed by atoms with van der Waals surface area (Å²) in [6, 6.07) is 8.06. The third-order valence-corrected chi connectivity index (χ3v) is 2.52. The molecule has 1 rings (SSSR count). The average molecular weight is 326 g/mol. The summed E-state index contributed by atoms with van der Waals surface area (Å²) in [6.07, 6.45) is -6.39. The van der Waals surface area contributed by atoms with Gasteiger partial charge in [0.25, 0.3) is 0 Å². The number of hydrogen-bond acceptors (Lipinski definition) is 8. The Bertz CT molecular complexity index is 388. The van der Waals surface area contributed by atoms with E-state index < -0.39 is 43.6 Å². The predicted octanol–water partition coefficient (Wildman–Crippen LogP) is -6.53. The van der Waals surface area contributed by atoms with E-state index >= 15 is 0 Å². The molecule has 0 unspecified atom stereocenters. The number of carboxylic acid groups (broad SMARTS) is 1. The van der Waals surface area contributed by atoms with Gasteiger partial charge in [-0.05, 0) is 5.56 Å². The maximum atomic E-state index is 10.1. The minimum Gasteiger partial charge on any atom is -0.545 e. The second-order valence-electron chi connectivity index (χ2n) is 4.13. The molecule has 0 bridgehead atoms. The van der Waals surface area contributed by atoms with E-state index in [2.05, 4.69) is 0 Å². The van der Waals surface area contributed by atoms with Gasteiger partial charge in [0.2, 0.25) is 0 Å². The number of carbonyl (C=O) groups is 1. The van der Waals surface area contributed by atoms with Crippen LogP contribution in [0.15, 0.2) is 30.3 Å². The summed E-state index contributed by atoms with van der Waals surface area (Å²) in [5, 5.41) is 62.3. The van der Waals surface area contributed by atoms with Gasteiger partial charge in [-0.15, -0.1) is 0 Å². The summed E-state index contributed by atoms with van der Waals surface area (Å²) in [7, 11) is 0. The zero-order valence-corrected chi connectivity index (χ0v) is 14.1. The Hall–Kier alpha value is -0.550. The van der Waals surface area contributed by atoms with E-state index in [-0.39, 0.29) is 35.1 Å². The SMILES string of the molecule is O=C([O-])c1ccccc1.OC[C@@H](O)[C@@H](O)[C@H](O)[C@@H](O)CO.[Na+]. The molecule has 0 saturated carbocycles. The maximum absolute atomic E-state index is 10.1.